The molecule has 5 heteroatoms. The van der Waals surface area contributed by atoms with E-state index in [2.05, 4.69) is 28.9 Å². The predicted molar refractivity (Wildman–Crippen MR) is 73.8 cm³/mol. The lowest BCUT2D eigenvalue weighted by Crippen LogP contribution is -2.11. The number of carbonyl (C=O) groups excluding carboxylic acids is 1. The SMILES string of the molecule is CCCn1c(C(=O)OCC)cc2sc(Br)cc21. The molecule has 0 bridgehead atoms. The summed E-state index contributed by atoms with van der Waals surface area (Å²) in [6.07, 6.45) is 0.990. The van der Waals surface area contributed by atoms with Gasteiger partial charge in [0.05, 0.1) is 20.6 Å². The number of fused-ring (bicyclic) bond motifs is 1. The van der Waals surface area contributed by atoms with Crippen molar-refractivity contribution in [1.29, 1.82) is 0 Å². The summed E-state index contributed by atoms with van der Waals surface area (Å²) in [7, 11) is 0. The molecule has 0 aliphatic heterocycles. The van der Waals surface area contributed by atoms with Gasteiger partial charge in [-0.3, -0.25) is 0 Å². The van der Waals surface area contributed by atoms with Gasteiger partial charge in [0.25, 0.3) is 0 Å². The number of hydrogen-bond donors (Lipinski definition) is 0. The second-order valence-electron chi connectivity index (χ2n) is 3.70. The van der Waals surface area contributed by atoms with Crippen LogP contribution in [-0.2, 0) is 11.3 Å². The Labute approximate surface area is 113 Å². The van der Waals surface area contributed by atoms with Gasteiger partial charge in [0.15, 0.2) is 0 Å². The Morgan fingerprint density at radius 3 is 2.88 bits per heavy atom. The molecule has 2 heterocycles. The van der Waals surface area contributed by atoms with Crippen molar-refractivity contribution >= 4 is 43.5 Å². The van der Waals surface area contributed by atoms with Crippen LogP contribution in [0.4, 0.5) is 0 Å². The summed E-state index contributed by atoms with van der Waals surface area (Å²) in [5.74, 6) is -0.236. The normalized spacial score (nSPS) is 11.0. The topological polar surface area (TPSA) is 31.2 Å². The summed E-state index contributed by atoms with van der Waals surface area (Å²) < 4.78 is 9.32. The van der Waals surface area contributed by atoms with Crippen LogP contribution in [0.3, 0.4) is 0 Å². The van der Waals surface area contributed by atoms with E-state index in [1.807, 2.05) is 17.6 Å². The average molecular weight is 316 g/mol. The molecule has 0 spiro atoms. The first kappa shape index (κ1) is 12.6. The lowest BCUT2D eigenvalue weighted by Gasteiger charge is -2.07. The minimum absolute atomic E-state index is 0.236. The number of aromatic nitrogens is 1. The number of ether oxygens (including phenoxy) is 1. The molecule has 0 fully saturated rings. The number of halogens is 1. The Bertz CT molecular complexity index is 544. The van der Waals surface area contributed by atoms with Gasteiger partial charge in [0.2, 0.25) is 0 Å². The summed E-state index contributed by atoms with van der Waals surface area (Å²) in [6.45, 7) is 5.17. The third-order valence-corrected chi connectivity index (χ3v) is 4.07. The molecule has 3 nitrogen and oxygen atoms in total. The molecule has 2 aromatic rings. The van der Waals surface area contributed by atoms with Gasteiger partial charge in [0, 0.05) is 6.54 Å². The van der Waals surface area contributed by atoms with Gasteiger partial charge < -0.3 is 9.30 Å². The quantitative estimate of drug-likeness (QED) is 0.797. The van der Waals surface area contributed by atoms with Gasteiger partial charge >= 0.3 is 5.97 Å². The molecule has 0 aliphatic rings. The van der Waals surface area contributed by atoms with Crippen LogP contribution < -0.4 is 0 Å². The minimum atomic E-state index is -0.236. The average Bonchev–Trinajstić information content (AvgIpc) is 2.77. The van der Waals surface area contributed by atoms with Crippen LogP contribution >= 0.6 is 27.3 Å². The van der Waals surface area contributed by atoms with Gasteiger partial charge in [-0.15, -0.1) is 11.3 Å². The molecule has 0 saturated heterocycles. The molecule has 0 atom stereocenters. The zero-order valence-corrected chi connectivity index (χ0v) is 12.2. The van der Waals surface area contributed by atoms with E-state index in [9.17, 15) is 4.79 Å². The van der Waals surface area contributed by atoms with Gasteiger partial charge in [-0.25, -0.2) is 4.79 Å². The van der Waals surface area contributed by atoms with E-state index in [0.29, 0.717) is 12.3 Å². The zero-order valence-electron chi connectivity index (χ0n) is 9.83. The molecule has 0 unspecified atom stereocenters. The Hall–Kier alpha value is -0.810. The fourth-order valence-electron chi connectivity index (χ4n) is 1.85. The van der Waals surface area contributed by atoms with E-state index in [-0.39, 0.29) is 5.97 Å². The van der Waals surface area contributed by atoms with E-state index in [0.717, 1.165) is 27.0 Å². The molecule has 0 radical (unpaired) electrons. The maximum atomic E-state index is 11.8. The van der Waals surface area contributed by atoms with E-state index in [4.69, 9.17) is 4.74 Å². The number of carbonyl (C=O) groups is 1. The van der Waals surface area contributed by atoms with Crippen molar-refractivity contribution in [2.24, 2.45) is 0 Å². The molecule has 92 valence electrons. The molecule has 2 rings (SSSR count). The first-order valence-electron chi connectivity index (χ1n) is 5.63. The third-order valence-electron chi connectivity index (χ3n) is 2.49. The van der Waals surface area contributed by atoms with Crippen molar-refractivity contribution in [2.75, 3.05) is 6.61 Å². The molecule has 0 aliphatic carbocycles. The highest BCUT2D eigenvalue weighted by atomic mass is 79.9. The van der Waals surface area contributed by atoms with Crippen LogP contribution in [0.25, 0.3) is 10.2 Å². The molecular formula is C12H14BrNO2S. The van der Waals surface area contributed by atoms with Crippen molar-refractivity contribution in [3.05, 3.63) is 21.6 Å². The molecule has 0 saturated carbocycles. The van der Waals surface area contributed by atoms with Gasteiger partial charge in [0.1, 0.15) is 5.69 Å². The standard InChI is InChI=1S/C12H14BrNO2S/c1-3-5-14-8-7-11(13)17-10(8)6-9(14)12(15)16-4-2/h6-7H,3-5H2,1-2H3. The van der Waals surface area contributed by atoms with Crippen molar-refractivity contribution in [2.45, 2.75) is 26.8 Å². The number of esters is 1. The summed E-state index contributed by atoms with van der Waals surface area (Å²) in [5.41, 5.74) is 1.76. The number of hydrogen-bond acceptors (Lipinski definition) is 3. The summed E-state index contributed by atoms with van der Waals surface area (Å²) in [4.78, 5) is 11.8. The Morgan fingerprint density at radius 2 is 2.24 bits per heavy atom. The maximum Gasteiger partial charge on any atom is 0.355 e. The molecule has 17 heavy (non-hydrogen) atoms. The van der Waals surface area contributed by atoms with Crippen LogP contribution in [0.1, 0.15) is 30.8 Å². The van der Waals surface area contributed by atoms with E-state index >= 15 is 0 Å². The highest BCUT2D eigenvalue weighted by molar-refractivity contribution is 9.11. The molecule has 0 amide bonds. The highest BCUT2D eigenvalue weighted by Gasteiger charge is 2.17. The monoisotopic (exact) mass is 315 g/mol. The van der Waals surface area contributed by atoms with Gasteiger partial charge in [-0.2, -0.15) is 0 Å². The summed E-state index contributed by atoms with van der Waals surface area (Å²) in [6, 6.07) is 3.97. The molecule has 2 aromatic heterocycles. The predicted octanol–water partition coefficient (Wildman–Crippen LogP) is 4.05. The Balaban J connectivity index is 2.50. The van der Waals surface area contributed by atoms with Gasteiger partial charge in [-0.05, 0) is 41.4 Å². The Morgan fingerprint density at radius 1 is 1.47 bits per heavy atom. The third kappa shape index (κ3) is 2.40. The summed E-state index contributed by atoms with van der Waals surface area (Å²) in [5, 5.41) is 0. The fourth-order valence-corrected chi connectivity index (χ4v) is 3.42. The first-order valence-corrected chi connectivity index (χ1v) is 7.24. The second kappa shape index (κ2) is 5.23. The minimum Gasteiger partial charge on any atom is -0.461 e. The molecule has 0 N–H and O–H groups in total. The first-order chi connectivity index (χ1) is 8.17. The van der Waals surface area contributed by atoms with E-state index < -0.39 is 0 Å². The lowest BCUT2D eigenvalue weighted by atomic mass is 10.4. The smallest absolute Gasteiger partial charge is 0.355 e. The molecular weight excluding hydrogens is 302 g/mol. The number of rotatable bonds is 4. The summed E-state index contributed by atoms with van der Waals surface area (Å²) >= 11 is 5.11. The maximum absolute atomic E-state index is 11.8. The molecule has 0 aromatic carbocycles. The highest BCUT2D eigenvalue weighted by Crippen LogP contribution is 2.32. The van der Waals surface area contributed by atoms with Crippen LogP contribution in [-0.4, -0.2) is 17.1 Å². The van der Waals surface area contributed by atoms with E-state index in [1.165, 1.54) is 0 Å². The Kier molecular flexibility index (Phi) is 3.89. The van der Waals surface area contributed by atoms with Crippen LogP contribution in [0.2, 0.25) is 0 Å². The number of thiophene rings is 1. The van der Waals surface area contributed by atoms with E-state index in [1.54, 1.807) is 11.3 Å². The van der Waals surface area contributed by atoms with Crippen LogP contribution in [0.15, 0.2) is 15.9 Å². The van der Waals surface area contributed by atoms with Crippen molar-refractivity contribution in [3.63, 3.8) is 0 Å². The van der Waals surface area contributed by atoms with Crippen molar-refractivity contribution < 1.29 is 9.53 Å². The zero-order chi connectivity index (χ0) is 12.4. The van der Waals surface area contributed by atoms with Crippen molar-refractivity contribution in [1.82, 2.24) is 4.57 Å². The second-order valence-corrected chi connectivity index (χ2v) is 6.16. The lowest BCUT2D eigenvalue weighted by molar-refractivity contribution is 0.0514. The fraction of sp³-hybridized carbons (Fsp3) is 0.417. The van der Waals surface area contributed by atoms with Crippen molar-refractivity contribution in [3.8, 4) is 0 Å². The van der Waals surface area contributed by atoms with Crippen LogP contribution in [0.5, 0.6) is 0 Å². The van der Waals surface area contributed by atoms with Gasteiger partial charge in [-0.1, -0.05) is 6.92 Å². The number of aryl methyl sites for hydroxylation is 1. The van der Waals surface area contributed by atoms with Crippen LogP contribution in [0, 0.1) is 0 Å². The largest absolute Gasteiger partial charge is 0.461 e. The number of nitrogens with zero attached hydrogens (tertiary/aromatic N) is 1.